The Morgan fingerprint density at radius 1 is 1.17 bits per heavy atom. The second-order valence-corrected chi connectivity index (χ2v) is 7.20. The molecule has 0 saturated heterocycles. The van der Waals surface area contributed by atoms with Gasteiger partial charge in [-0.05, 0) is 43.3 Å². The summed E-state index contributed by atoms with van der Waals surface area (Å²) in [6.45, 7) is 1.98. The number of fused-ring (bicyclic) bond motifs is 1. The number of hydrogen-bond donors (Lipinski definition) is 1. The minimum absolute atomic E-state index is 0.200. The second kappa shape index (κ2) is 8.34. The van der Waals surface area contributed by atoms with Crippen LogP contribution in [0.2, 0.25) is 0 Å². The number of rotatable bonds is 5. The third kappa shape index (κ3) is 3.74. The van der Waals surface area contributed by atoms with Gasteiger partial charge in [0.15, 0.2) is 11.0 Å². The summed E-state index contributed by atoms with van der Waals surface area (Å²) in [5.74, 6) is 1.11. The van der Waals surface area contributed by atoms with Gasteiger partial charge in [-0.25, -0.2) is 14.8 Å². The van der Waals surface area contributed by atoms with Crippen molar-refractivity contribution >= 4 is 33.5 Å². The van der Waals surface area contributed by atoms with E-state index in [-0.39, 0.29) is 12.2 Å². The van der Waals surface area contributed by atoms with Gasteiger partial charge in [0.1, 0.15) is 5.75 Å². The fourth-order valence-electron chi connectivity index (χ4n) is 2.96. The largest absolute Gasteiger partial charge is 0.497 e. The van der Waals surface area contributed by atoms with Crippen molar-refractivity contribution in [2.45, 2.75) is 6.92 Å². The first-order valence-corrected chi connectivity index (χ1v) is 9.98. The van der Waals surface area contributed by atoms with E-state index in [1.165, 1.54) is 15.9 Å². The molecule has 2 aromatic heterocycles. The molecule has 0 saturated carbocycles. The van der Waals surface area contributed by atoms with Gasteiger partial charge in [-0.2, -0.15) is 0 Å². The standard InChI is InChI=1S/C21H18N4O4S/c1-3-29-21(27)24-20-22-12-17(30-20)18-23-16-7-5-4-6-15(16)19(26)25(18)13-8-10-14(28-2)11-9-13/h4-12H,3H2,1-2H3,(H,22,24,27). The minimum atomic E-state index is -0.586. The molecule has 0 radical (unpaired) electrons. The van der Waals surface area contributed by atoms with Crippen molar-refractivity contribution in [2.24, 2.45) is 0 Å². The van der Waals surface area contributed by atoms with E-state index < -0.39 is 6.09 Å². The first-order chi connectivity index (χ1) is 14.6. The third-order valence-electron chi connectivity index (χ3n) is 4.32. The summed E-state index contributed by atoms with van der Waals surface area (Å²) in [4.78, 5) is 34.6. The molecule has 9 heteroatoms. The van der Waals surface area contributed by atoms with Crippen LogP contribution in [0, 0.1) is 0 Å². The molecule has 0 fully saturated rings. The Kier molecular flexibility index (Phi) is 5.44. The van der Waals surface area contributed by atoms with Gasteiger partial charge in [0.25, 0.3) is 5.56 Å². The number of nitrogens with zero attached hydrogens (tertiary/aromatic N) is 3. The van der Waals surface area contributed by atoms with Crippen LogP contribution >= 0.6 is 11.3 Å². The number of para-hydroxylation sites is 1. The van der Waals surface area contributed by atoms with E-state index in [0.717, 1.165) is 0 Å². The first-order valence-electron chi connectivity index (χ1n) is 9.17. The third-order valence-corrected chi connectivity index (χ3v) is 5.23. The van der Waals surface area contributed by atoms with E-state index in [9.17, 15) is 9.59 Å². The van der Waals surface area contributed by atoms with E-state index in [1.54, 1.807) is 62.7 Å². The number of anilines is 1. The fourth-order valence-corrected chi connectivity index (χ4v) is 3.74. The zero-order chi connectivity index (χ0) is 21.1. The summed E-state index contributed by atoms with van der Waals surface area (Å²) in [6.07, 6.45) is 0.986. The predicted molar refractivity (Wildman–Crippen MR) is 116 cm³/mol. The van der Waals surface area contributed by atoms with Crippen LogP contribution in [-0.4, -0.2) is 34.3 Å². The minimum Gasteiger partial charge on any atom is -0.497 e. The fraction of sp³-hybridized carbons (Fsp3) is 0.143. The lowest BCUT2D eigenvalue weighted by Gasteiger charge is -2.13. The van der Waals surface area contributed by atoms with Crippen molar-refractivity contribution in [2.75, 3.05) is 19.0 Å². The maximum Gasteiger partial charge on any atom is 0.413 e. The second-order valence-electron chi connectivity index (χ2n) is 6.17. The smallest absolute Gasteiger partial charge is 0.413 e. The van der Waals surface area contributed by atoms with Crippen molar-refractivity contribution in [3.05, 3.63) is 65.1 Å². The number of carbonyl (C=O) groups excluding carboxylic acids is 1. The summed E-state index contributed by atoms with van der Waals surface area (Å²) < 4.78 is 11.6. The molecule has 2 heterocycles. The van der Waals surface area contributed by atoms with E-state index in [4.69, 9.17) is 14.5 Å². The molecule has 0 atom stereocenters. The summed E-state index contributed by atoms with van der Waals surface area (Å²) in [5.41, 5.74) is 1.02. The summed E-state index contributed by atoms with van der Waals surface area (Å²) in [5, 5.41) is 3.43. The average molecular weight is 422 g/mol. The average Bonchev–Trinajstić information content (AvgIpc) is 3.22. The Hall–Kier alpha value is -3.72. The highest BCUT2D eigenvalue weighted by atomic mass is 32.1. The van der Waals surface area contributed by atoms with Gasteiger partial charge in [-0.1, -0.05) is 23.5 Å². The number of thiazole rings is 1. The van der Waals surface area contributed by atoms with Crippen LogP contribution in [0.1, 0.15) is 6.92 Å². The highest BCUT2D eigenvalue weighted by Crippen LogP contribution is 2.30. The van der Waals surface area contributed by atoms with Crippen molar-refractivity contribution in [1.82, 2.24) is 14.5 Å². The molecular formula is C21H18N4O4S. The molecular weight excluding hydrogens is 404 g/mol. The van der Waals surface area contributed by atoms with Gasteiger partial charge < -0.3 is 9.47 Å². The Bertz CT molecular complexity index is 1260. The van der Waals surface area contributed by atoms with E-state index in [0.29, 0.717) is 38.2 Å². The zero-order valence-corrected chi connectivity index (χ0v) is 17.1. The molecule has 30 heavy (non-hydrogen) atoms. The van der Waals surface area contributed by atoms with Crippen LogP contribution in [0.15, 0.2) is 59.5 Å². The molecule has 4 rings (SSSR count). The van der Waals surface area contributed by atoms with Crippen molar-refractivity contribution in [3.8, 4) is 22.1 Å². The topological polar surface area (TPSA) is 95.3 Å². The van der Waals surface area contributed by atoms with E-state index >= 15 is 0 Å². The molecule has 4 aromatic rings. The zero-order valence-electron chi connectivity index (χ0n) is 16.3. The van der Waals surface area contributed by atoms with Crippen LogP contribution in [0.25, 0.3) is 27.3 Å². The van der Waals surface area contributed by atoms with E-state index in [2.05, 4.69) is 10.3 Å². The first kappa shape index (κ1) is 19.6. The number of benzene rings is 2. The molecule has 8 nitrogen and oxygen atoms in total. The molecule has 1 N–H and O–H groups in total. The molecule has 2 aromatic carbocycles. The van der Waals surface area contributed by atoms with Gasteiger partial charge >= 0.3 is 6.09 Å². The van der Waals surface area contributed by atoms with Crippen LogP contribution in [0.3, 0.4) is 0 Å². The van der Waals surface area contributed by atoms with Gasteiger partial charge in [0.05, 0.1) is 41.4 Å². The summed E-state index contributed by atoms with van der Waals surface area (Å²) in [7, 11) is 1.58. The lowest BCUT2D eigenvalue weighted by atomic mass is 10.2. The molecule has 0 unspecified atom stereocenters. The molecule has 0 aliphatic carbocycles. The van der Waals surface area contributed by atoms with Crippen molar-refractivity contribution < 1.29 is 14.3 Å². The quantitative estimate of drug-likeness (QED) is 0.521. The SMILES string of the molecule is CCOC(=O)Nc1ncc(-c2nc3ccccc3c(=O)n2-c2ccc(OC)cc2)s1. The predicted octanol–water partition coefficient (Wildman–Crippen LogP) is 4.09. The number of nitrogens with one attached hydrogen (secondary N) is 1. The van der Waals surface area contributed by atoms with Gasteiger partial charge in [-0.15, -0.1) is 0 Å². The van der Waals surface area contributed by atoms with Gasteiger partial charge in [0.2, 0.25) is 0 Å². The Labute approximate surface area is 175 Å². The molecule has 0 spiro atoms. The number of carbonyl (C=O) groups is 1. The molecule has 0 aliphatic rings. The van der Waals surface area contributed by atoms with Crippen LogP contribution in [0.4, 0.5) is 9.93 Å². The number of ether oxygens (including phenoxy) is 2. The Balaban J connectivity index is 1.87. The highest BCUT2D eigenvalue weighted by molar-refractivity contribution is 7.19. The Morgan fingerprint density at radius 3 is 2.67 bits per heavy atom. The van der Waals surface area contributed by atoms with Crippen LogP contribution in [0.5, 0.6) is 5.75 Å². The van der Waals surface area contributed by atoms with Crippen molar-refractivity contribution in [1.29, 1.82) is 0 Å². The lowest BCUT2D eigenvalue weighted by molar-refractivity contribution is 0.168. The van der Waals surface area contributed by atoms with Crippen LogP contribution in [-0.2, 0) is 4.74 Å². The summed E-state index contributed by atoms with van der Waals surface area (Å²) in [6, 6.07) is 14.3. The number of amides is 1. The Morgan fingerprint density at radius 2 is 1.93 bits per heavy atom. The molecule has 152 valence electrons. The number of hydrogen-bond acceptors (Lipinski definition) is 7. The van der Waals surface area contributed by atoms with E-state index in [1.807, 2.05) is 6.07 Å². The monoisotopic (exact) mass is 422 g/mol. The van der Waals surface area contributed by atoms with Crippen LogP contribution < -0.4 is 15.6 Å². The van der Waals surface area contributed by atoms with Gasteiger partial charge in [-0.3, -0.25) is 14.7 Å². The number of methoxy groups -OCH3 is 1. The maximum absolute atomic E-state index is 13.3. The normalized spacial score (nSPS) is 10.7. The summed E-state index contributed by atoms with van der Waals surface area (Å²) >= 11 is 1.20. The molecule has 0 bridgehead atoms. The molecule has 0 aliphatic heterocycles. The maximum atomic E-state index is 13.3. The van der Waals surface area contributed by atoms with Crippen molar-refractivity contribution in [3.63, 3.8) is 0 Å². The molecule has 1 amide bonds. The number of aromatic nitrogens is 3. The van der Waals surface area contributed by atoms with Gasteiger partial charge in [0, 0.05) is 0 Å². The highest BCUT2D eigenvalue weighted by Gasteiger charge is 2.17. The lowest BCUT2D eigenvalue weighted by Crippen LogP contribution is -2.21.